The van der Waals surface area contributed by atoms with Crippen molar-refractivity contribution in [1.82, 2.24) is 29.8 Å². The van der Waals surface area contributed by atoms with Crippen LogP contribution in [-0.4, -0.2) is 82.0 Å². The van der Waals surface area contributed by atoms with Crippen LogP contribution in [0.15, 0.2) is 18.2 Å². The summed E-state index contributed by atoms with van der Waals surface area (Å²) >= 11 is 0. The highest BCUT2D eigenvalue weighted by Crippen LogP contribution is 2.50. The monoisotopic (exact) mass is 754 g/mol. The number of hydrogen-bond donors (Lipinski definition) is 3. The highest BCUT2D eigenvalue weighted by Gasteiger charge is 2.63. The van der Waals surface area contributed by atoms with Crippen molar-refractivity contribution in [3.05, 3.63) is 23.8 Å². The normalized spacial score (nSPS) is 28.6. The van der Waals surface area contributed by atoms with E-state index >= 15 is 0 Å². The number of imidazole rings is 1. The largest absolute Gasteiger partial charge is 0.459 e. The predicted octanol–water partition coefficient (Wildman–Crippen LogP) is 5.00. The molecule has 4 bridgehead atoms. The van der Waals surface area contributed by atoms with E-state index in [1.165, 1.54) is 0 Å². The lowest BCUT2D eigenvalue weighted by molar-refractivity contribution is -0.144. The standard InChI is InChI=1S/C39H58N6O7S/c1-8-26-22-39(26)35(49)43-53(50,51)38(18-19-38)17-12-10-9-11-13-20-40-32(46)28-15-14-16-29-31(28)41-36(45(29)24(2)3)52-27-21-30(33(47)42-39)44(23-27)34(48)25(4)37(5,6)7/h14-16,24-27,30H,8-13,17-23H2,1-7H3,(H,40,46)(H,42,47)(H,43,49)/t25-,26-,27-,30+,39-/m1/s1. The smallest absolute Gasteiger partial charge is 0.297 e. The molecular formula is C39H58N6O7S. The molecule has 53 heavy (non-hydrogen) atoms. The first-order valence-corrected chi connectivity index (χ1v) is 21.1. The molecule has 1 saturated heterocycles. The Morgan fingerprint density at radius 3 is 2.38 bits per heavy atom. The van der Waals surface area contributed by atoms with E-state index in [-0.39, 0.29) is 42.8 Å². The quantitative estimate of drug-likeness (QED) is 0.394. The van der Waals surface area contributed by atoms with E-state index in [4.69, 9.17) is 9.72 Å². The molecule has 5 atom stereocenters. The zero-order chi connectivity index (χ0) is 38.5. The highest BCUT2D eigenvalue weighted by atomic mass is 32.2. The number of amides is 4. The van der Waals surface area contributed by atoms with Gasteiger partial charge in [-0.05, 0) is 69.4 Å². The number of aromatic nitrogens is 2. The molecule has 3 fully saturated rings. The molecule has 2 saturated carbocycles. The summed E-state index contributed by atoms with van der Waals surface area (Å²) in [5.74, 6) is -2.32. The molecule has 2 spiro atoms. The minimum absolute atomic E-state index is 0.0830. The van der Waals surface area contributed by atoms with Gasteiger partial charge in [0.15, 0.2) is 0 Å². The summed E-state index contributed by atoms with van der Waals surface area (Å²) in [6.45, 7) is 14.3. The average Bonchev–Trinajstić information content (AvgIpc) is 3.95. The molecule has 1 aromatic heterocycles. The summed E-state index contributed by atoms with van der Waals surface area (Å²) in [6.07, 6.45) is 5.98. The van der Waals surface area contributed by atoms with Crippen molar-refractivity contribution in [2.75, 3.05) is 13.1 Å². The maximum absolute atomic E-state index is 14.3. The minimum Gasteiger partial charge on any atom is -0.459 e. The Morgan fingerprint density at radius 2 is 1.74 bits per heavy atom. The topological polar surface area (TPSA) is 169 Å². The van der Waals surface area contributed by atoms with Crippen molar-refractivity contribution >= 4 is 44.7 Å². The summed E-state index contributed by atoms with van der Waals surface area (Å²) in [6, 6.07) is 4.73. The first kappa shape index (κ1) is 39.0. The number of rotatable bonds is 3. The van der Waals surface area contributed by atoms with Crippen molar-refractivity contribution in [1.29, 1.82) is 0 Å². The summed E-state index contributed by atoms with van der Waals surface area (Å²) in [4.78, 5) is 62.2. The van der Waals surface area contributed by atoms with Gasteiger partial charge >= 0.3 is 0 Å². The van der Waals surface area contributed by atoms with Crippen molar-refractivity contribution in [3.63, 3.8) is 0 Å². The fourth-order valence-corrected chi connectivity index (χ4v) is 9.83. The second-order valence-electron chi connectivity index (χ2n) is 17.3. The van der Waals surface area contributed by atoms with E-state index in [0.717, 1.165) is 31.2 Å². The molecule has 2 aliphatic carbocycles. The number of nitrogens with zero attached hydrogens (tertiary/aromatic N) is 3. The number of likely N-dealkylation sites (tertiary alicyclic amines) is 1. The van der Waals surface area contributed by atoms with Crippen LogP contribution >= 0.6 is 0 Å². The summed E-state index contributed by atoms with van der Waals surface area (Å²) in [7, 11) is -3.99. The maximum Gasteiger partial charge on any atom is 0.297 e. The van der Waals surface area contributed by atoms with Crippen LogP contribution in [-0.2, 0) is 24.4 Å². The van der Waals surface area contributed by atoms with Gasteiger partial charge in [0.2, 0.25) is 21.8 Å². The van der Waals surface area contributed by atoms with Crippen LogP contribution in [0.3, 0.4) is 0 Å². The number of ether oxygens (including phenoxy) is 1. The van der Waals surface area contributed by atoms with Crippen LogP contribution < -0.4 is 20.1 Å². The number of nitrogens with one attached hydrogen (secondary N) is 3. The van der Waals surface area contributed by atoms with Crippen LogP contribution in [0.2, 0.25) is 0 Å². The van der Waals surface area contributed by atoms with Crippen LogP contribution in [0, 0.1) is 17.3 Å². The molecule has 0 unspecified atom stereocenters. The van der Waals surface area contributed by atoms with Crippen molar-refractivity contribution in [3.8, 4) is 6.01 Å². The average molecular weight is 755 g/mol. The summed E-state index contributed by atoms with van der Waals surface area (Å²) in [5.41, 5.74) is -0.0761. The Kier molecular flexibility index (Phi) is 10.7. The number of sulfonamides is 1. The van der Waals surface area contributed by atoms with Gasteiger partial charge in [-0.2, -0.15) is 4.98 Å². The Morgan fingerprint density at radius 1 is 1.04 bits per heavy atom. The van der Waals surface area contributed by atoms with Crippen molar-refractivity contribution in [2.24, 2.45) is 17.3 Å². The molecule has 4 amide bonds. The van der Waals surface area contributed by atoms with Gasteiger partial charge in [-0.1, -0.05) is 72.8 Å². The number of para-hydroxylation sites is 1. The lowest BCUT2D eigenvalue weighted by Gasteiger charge is -2.33. The number of benzene rings is 1. The zero-order valence-electron chi connectivity index (χ0n) is 32.4. The predicted molar refractivity (Wildman–Crippen MR) is 202 cm³/mol. The van der Waals surface area contributed by atoms with Gasteiger partial charge in [0.05, 0.1) is 22.4 Å². The molecule has 2 aromatic rings. The molecule has 2 aliphatic heterocycles. The fourth-order valence-electron chi connectivity index (χ4n) is 8.13. The van der Waals surface area contributed by atoms with E-state index in [1.807, 2.05) is 65.2 Å². The van der Waals surface area contributed by atoms with Crippen LogP contribution in [0.1, 0.15) is 135 Å². The molecule has 6 rings (SSSR count). The third-order valence-electron chi connectivity index (χ3n) is 12.3. The molecule has 0 radical (unpaired) electrons. The van der Waals surface area contributed by atoms with Crippen molar-refractivity contribution < 1.29 is 32.3 Å². The number of carbonyl (C=O) groups is 4. The van der Waals surface area contributed by atoms with Gasteiger partial charge in [-0.15, -0.1) is 0 Å². The molecule has 14 heteroatoms. The Balaban J connectivity index is 1.35. The second kappa shape index (κ2) is 14.5. The SMILES string of the molecule is CC[C@@H]1C[C@@]12NC(=O)[C@@H]1C[C@H](CN1C(=O)[C@@H](C)C(C)(C)C)Oc1nc3c(cccc3n1C(C)C)C(=O)NCCCCCCCC1(CC1)S(=O)(=O)NC2=O. The number of carbonyl (C=O) groups excluding carboxylic acids is 4. The van der Waals surface area contributed by atoms with E-state index in [9.17, 15) is 27.6 Å². The molecule has 4 aliphatic rings. The third kappa shape index (κ3) is 7.53. The van der Waals surface area contributed by atoms with E-state index in [1.54, 1.807) is 11.0 Å². The highest BCUT2D eigenvalue weighted by molar-refractivity contribution is 7.91. The summed E-state index contributed by atoms with van der Waals surface area (Å²) < 4.78 is 37.3. The van der Waals surface area contributed by atoms with Gasteiger partial charge in [-0.3, -0.25) is 28.5 Å². The van der Waals surface area contributed by atoms with E-state index in [0.29, 0.717) is 56.1 Å². The lowest BCUT2D eigenvalue weighted by Crippen LogP contribution is -2.57. The van der Waals surface area contributed by atoms with Crippen molar-refractivity contribution in [2.45, 2.75) is 148 Å². The molecular weight excluding hydrogens is 697 g/mol. The maximum atomic E-state index is 14.3. The van der Waals surface area contributed by atoms with Gasteiger partial charge in [-0.25, -0.2) is 8.42 Å². The second-order valence-corrected chi connectivity index (χ2v) is 19.3. The Bertz CT molecular complexity index is 1860. The van der Waals surface area contributed by atoms with Crippen LogP contribution in [0.5, 0.6) is 6.01 Å². The molecule has 292 valence electrons. The number of hydrogen-bond acceptors (Lipinski definition) is 8. The van der Waals surface area contributed by atoms with Gasteiger partial charge < -0.3 is 20.3 Å². The van der Waals surface area contributed by atoms with Gasteiger partial charge in [0, 0.05) is 24.9 Å². The number of fused-ring (bicyclic) bond motifs is 3. The lowest BCUT2D eigenvalue weighted by atomic mass is 9.81. The van der Waals surface area contributed by atoms with Gasteiger partial charge in [0.25, 0.3) is 17.8 Å². The van der Waals surface area contributed by atoms with Crippen LogP contribution in [0.25, 0.3) is 11.0 Å². The minimum atomic E-state index is -3.99. The van der Waals surface area contributed by atoms with Crippen LogP contribution in [0.4, 0.5) is 0 Å². The molecule has 3 N–H and O–H groups in total. The fraction of sp³-hybridized carbons (Fsp3) is 0.718. The first-order chi connectivity index (χ1) is 24.9. The Labute approximate surface area is 313 Å². The summed E-state index contributed by atoms with van der Waals surface area (Å²) in [5, 5.41) is 6.00. The zero-order valence-corrected chi connectivity index (χ0v) is 33.2. The van der Waals surface area contributed by atoms with Gasteiger partial charge in [0.1, 0.15) is 23.2 Å². The Hall–Kier alpha value is -3.68. The third-order valence-corrected chi connectivity index (χ3v) is 14.5. The molecule has 3 heterocycles. The van der Waals surface area contributed by atoms with E-state index < -0.39 is 55.6 Å². The molecule has 1 aromatic carbocycles. The first-order valence-electron chi connectivity index (χ1n) is 19.6. The molecule has 13 nitrogen and oxygen atoms in total. The van der Waals surface area contributed by atoms with E-state index in [2.05, 4.69) is 15.4 Å².